The van der Waals surface area contributed by atoms with Crippen LogP contribution in [0, 0.1) is 19.8 Å². The number of aromatic amines is 1. The number of hydrogen-bond donors (Lipinski definition) is 2. The molecular formula is C29H37N5O2S. The molecule has 1 aliphatic carbocycles. The van der Waals surface area contributed by atoms with Gasteiger partial charge in [0.05, 0.1) is 11.4 Å². The van der Waals surface area contributed by atoms with E-state index in [1.165, 1.54) is 51.5 Å². The molecule has 1 saturated heterocycles. The van der Waals surface area contributed by atoms with Gasteiger partial charge in [-0.1, -0.05) is 19.9 Å². The zero-order valence-corrected chi connectivity index (χ0v) is 23.2. The number of aryl methyl sites for hydroxylation is 1. The number of rotatable bonds is 6. The summed E-state index contributed by atoms with van der Waals surface area (Å²) in [6.07, 6.45) is 9.18. The Labute approximate surface area is 219 Å². The van der Waals surface area contributed by atoms with Crippen molar-refractivity contribution in [3.8, 4) is 11.3 Å². The largest absolute Gasteiger partial charge is 0.354 e. The van der Waals surface area contributed by atoms with Crippen LogP contribution < -0.4 is 5.32 Å². The van der Waals surface area contributed by atoms with Gasteiger partial charge in [0.25, 0.3) is 0 Å². The van der Waals surface area contributed by atoms with E-state index in [1.54, 1.807) is 6.33 Å². The molecule has 0 bridgehead atoms. The van der Waals surface area contributed by atoms with Gasteiger partial charge in [-0.25, -0.2) is 17.9 Å². The third-order valence-electron chi connectivity index (χ3n) is 8.88. The Kier molecular flexibility index (Phi) is 5.95. The fourth-order valence-electron chi connectivity index (χ4n) is 6.91. The molecule has 0 spiro atoms. The molecule has 4 aromatic rings. The van der Waals surface area contributed by atoms with Gasteiger partial charge in [-0.05, 0) is 91.7 Å². The molecule has 1 saturated carbocycles. The van der Waals surface area contributed by atoms with Gasteiger partial charge in [-0.2, -0.15) is 5.10 Å². The van der Waals surface area contributed by atoms with Gasteiger partial charge in [-0.15, -0.1) is 0 Å². The predicted molar refractivity (Wildman–Crippen MR) is 149 cm³/mol. The molecule has 4 unspecified atom stereocenters. The van der Waals surface area contributed by atoms with Crippen molar-refractivity contribution in [2.75, 3.05) is 12.0 Å². The number of pyridine rings is 1. The van der Waals surface area contributed by atoms with E-state index in [9.17, 15) is 8.42 Å². The number of H-pyrrole nitrogens is 1. The number of benzene rings is 1. The maximum atomic E-state index is 11.6. The molecule has 1 aromatic carbocycles. The zero-order valence-electron chi connectivity index (χ0n) is 22.4. The molecule has 4 heterocycles. The molecule has 0 amide bonds. The van der Waals surface area contributed by atoms with E-state index in [0.29, 0.717) is 29.8 Å². The van der Waals surface area contributed by atoms with Gasteiger partial charge < -0.3 is 10.3 Å². The minimum Gasteiger partial charge on any atom is -0.354 e. The third kappa shape index (κ3) is 4.38. The smallest absolute Gasteiger partial charge is 0.158 e. The van der Waals surface area contributed by atoms with Crippen LogP contribution in [0.3, 0.4) is 0 Å². The maximum absolute atomic E-state index is 11.6. The first-order valence-electron chi connectivity index (χ1n) is 13.5. The average Bonchev–Trinajstić information content (AvgIpc) is 3.60. The first kappa shape index (κ1) is 24.6. The summed E-state index contributed by atoms with van der Waals surface area (Å²) in [6.45, 7) is 8.84. The standard InChI is InChI=1S/C29H37N5O2S/c1-16(2)27-23-12-19(20-10-21-11-22(32-26(21)13-20)8-9-37(5,35)36)6-7-25(23)33-28(27)24-14-34-29(30-15-31-34)18(4)17(24)3/h6-7,12,14-16,20-22,26,32-33H,8-11,13H2,1-5H3. The Hall–Kier alpha value is -2.71. The number of aromatic nitrogens is 4. The van der Waals surface area contributed by atoms with Crippen molar-refractivity contribution in [3.05, 3.63) is 53.0 Å². The van der Waals surface area contributed by atoms with Crippen molar-refractivity contribution in [3.63, 3.8) is 0 Å². The number of sulfone groups is 1. The Morgan fingerprint density at radius 1 is 1.14 bits per heavy atom. The topological polar surface area (TPSA) is 92.2 Å². The second-order valence-corrected chi connectivity index (χ2v) is 14.0. The summed E-state index contributed by atoms with van der Waals surface area (Å²) in [5.74, 6) is 1.82. The van der Waals surface area contributed by atoms with E-state index in [-0.39, 0.29) is 5.75 Å². The van der Waals surface area contributed by atoms with Crippen molar-refractivity contribution in [2.45, 2.75) is 77.3 Å². The van der Waals surface area contributed by atoms with Crippen LogP contribution in [0.4, 0.5) is 0 Å². The third-order valence-corrected chi connectivity index (χ3v) is 9.85. The van der Waals surface area contributed by atoms with Crippen LogP contribution in [-0.4, -0.2) is 52.1 Å². The van der Waals surface area contributed by atoms with Crippen LogP contribution in [0.5, 0.6) is 0 Å². The van der Waals surface area contributed by atoms with Crippen LogP contribution in [0.25, 0.3) is 27.8 Å². The first-order valence-corrected chi connectivity index (χ1v) is 15.5. The minimum absolute atomic E-state index is 0.279. The Morgan fingerprint density at radius 3 is 2.68 bits per heavy atom. The first-order chi connectivity index (χ1) is 17.6. The molecule has 4 atom stereocenters. The molecule has 2 fully saturated rings. The molecule has 3 aromatic heterocycles. The van der Waals surface area contributed by atoms with Crippen molar-refractivity contribution < 1.29 is 8.42 Å². The van der Waals surface area contributed by atoms with Gasteiger partial charge in [0.2, 0.25) is 0 Å². The Morgan fingerprint density at radius 2 is 1.95 bits per heavy atom. The lowest BCUT2D eigenvalue weighted by molar-refractivity contribution is 0.499. The lowest BCUT2D eigenvalue weighted by Crippen LogP contribution is -2.31. The van der Waals surface area contributed by atoms with E-state index in [0.717, 1.165) is 30.5 Å². The average molecular weight is 520 g/mol. The summed E-state index contributed by atoms with van der Waals surface area (Å²) in [5, 5.41) is 9.49. The lowest BCUT2D eigenvalue weighted by atomic mass is 9.90. The molecule has 2 N–H and O–H groups in total. The molecule has 196 valence electrons. The Bertz CT molecular complexity index is 1590. The number of fused-ring (bicyclic) bond motifs is 3. The van der Waals surface area contributed by atoms with Crippen molar-refractivity contribution in [1.82, 2.24) is 24.9 Å². The van der Waals surface area contributed by atoms with E-state index >= 15 is 0 Å². The second-order valence-electron chi connectivity index (χ2n) is 11.7. The summed E-state index contributed by atoms with van der Waals surface area (Å²) in [6, 6.07) is 7.82. The van der Waals surface area contributed by atoms with E-state index in [1.807, 2.05) is 4.52 Å². The minimum atomic E-state index is -2.90. The molecule has 1 aliphatic heterocycles. The molecule has 37 heavy (non-hydrogen) atoms. The van der Waals surface area contributed by atoms with Crippen LogP contribution >= 0.6 is 0 Å². The van der Waals surface area contributed by atoms with Crippen molar-refractivity contribution >= 4 is 26.4 Å². The monoisotopic (exact) mass is 519 g/mol. The zero-order chi connectivity index (χ0) is 26.1. The molecular weight excluding hydrogens is 482 g/mol. The van der Waals surface area contributed by atoms with Gasteiger partial charge >= 0.3 is 0 Å². The maximum Gasteiger partial charge on any atom is 0.158 e. The van der Waals surface area contributed by atoms with E-state index in [2.05, 4.69) is 72.5 Å². The van der Waals surface area contributed by atoms with E-state index < -0.39 is 9.84 Å². The van der Waals surface area contributed by atoms with Gasteiger partial charge in [0.15, 0.2) is 5.65 Å². The summed E-state index contributed by atoms with van der Waals surface area (Å²) in [4.78, 5) is 8.18. The fraction of sp³-hybridized carbons (Fsp3) is 0.517. The number of nitrogens with zero attached hydrogens (tertiary/aromatic N) is 3. The highest BCUT2D eigenvalue weighted by Gasteiger charge is 2.41. The second kappa shape index (κ2) is 8.95. The molecule has 8 heteroatoms. The summed E-state index contributed by atoms with van der Waals surface area (Å²) >= 11 is 0. The highest BCUT2D eigenvalue weighted by molar-refractivity contribution is 7.90. The van der Waals surface area contributed by atoms with Gasteiger partial charge in [0, 0.05) is 41.0 Å². The summed E-state index contributed by atoms with van der Waals surface area (Å²) in [7, 11) is -2.90. The van der Waals surface area contributed by atoms with Crippen LogP contribution in [0.15, 0.2) is 30.7 Å². The van der Waals surface area contributed by atoms with Crippen molar-refractivity contribution in [1.29, 1.82) is 0 Å². The molecule has 6 rings (SSSR count). The summed E-state index contributed by atoms with van der Waals surface area (Å²) in [5.41, 5.74) is 9.60. The molecule has 7 nitrogen and oxygen atoms in total. The van der Waals surface area contributed by atoms with Gasteiger partial charge in [-0.3, -0.25) is 0 Å². The van der Waals surface area contributed by atoms with Crippen LogP contribution in [0.1, 0.15) is 73.6 Å². The van der Waals surface area contributed by atoms with Crippen LogP contribution in [0.2, 0.25) is 0 Å². The highest BCUT2D eigenvalue weighted by atomic mass is 32.2. The Balaban J connectivity index is 1.30. The summed E-state index contributed by atoms with van der Waals surface area (Å²) < 4.78 is 25.1. The predicted octanol–water partition coefficient (Wildman–Crippen LogP) is 5.28. The quantitative estimate of drug-likeness (QED) is 0.362. The van der Waals surface area contributed by atoms with Crippen LogP contribution in [-0.2, 0) is 9.84 Å². The normalized spacial score (nSPS) is 24.1. The fourth-order valence-corrected chi connectivity index (χ4v) is 7.62. The number of nitrogens with one attached hydrogen (secondary N) is 2. The van der Waals surface area contributed by atoms with E-state index in [4.69, 9.17) is 0 Å². The van der Waals surface area contributed by atoms with Gasteiger partial charge in [0.1, 0.15) is 16.2 Å². The lowest BCUT2D eigenvalue weighted by Gasteiger charge is -2.17. The van der Waals surface area contributed by atoms with Crippen molar-refractivity contribution in [2.24, 2.45) is 5.92 Å². The SMILES string of the molecule is Cc1c(-c2[nH]c3ccc(C4CC5CC(CCS(C)(=O)=O)NC5C4)cc3c2C(C)C)cn2ncnc2c1C. The molecule has 0 radical (unpaired) electrons. The highest BCUT2D eigenvalue weighted by Crippen LogP contribution is 2.46. The number of hydrogen-bond acceptors (Lipinski definition) is 5. The molecule has 2 aliphatic rings.